The first-order chi connectivity index (χ1) is 15.4. The van der Waals surface area contributed by atoms with Crippen molar-refractivity contribution in [1.29, 1.82) is 0 Å². The van der Waals surface area contributed by atoms with E-state index in [0.29, 0.717) is 22.9 Å². The lowest BCUT2D eigenvalue weighted by molar-refractivity contribution is -0.122. The number of halogens is 1. The number of nitrogens with zero attached hydrogens (tertiary/aromatic N) is 3. The van der Waals surface area contributed by atoms with Crippen molar-refractivity contribution >= 4 is 16.7 Å². The molecule has 0 fully saturated rings. The van der Waals surface area contributed by atoms with Gasteiger partial charge in [0.2, 0.25) is 5.91 Å². The zero-order chi connectivity index (χ0) is 22.8. The third kappa shape index (κ3) is 4.06. The minimum Gasteiger partial charge on any atom is -0.348 e. The molecule has 1 amide bonds. The fourth-order valence-electron chi connectivity index (χ4n) is 4.04. The molecular weight excluding hydrogens is 407 g/mol. The Hall–Kier alpha value is -3.74. The molecule has 0 aliphatic carbocycles. The van der Waals surface area contributed by atoms with E-state index < -0.39 is 0 Å². The van der Waals surface area contributed by atoms with Gasteiger partial charge < -0.3 is 9.88 Å². The summed E-state index contributed by atoms with van der Waals surface area (Å²) in [7, 11) is 0. The number of hydrogen-bond donors (Lipinski definition) is 1. The van der Waals surface area contributed by atoms with Crippen molar-refractivity contribution in [2.24, 2.45) is 0 Å². The average molecular weight is 432 g/mol. The SMILES string of the molecule is Cc1c2cnn(CC(=O)NC(C)c3ccccc3)c(=O)c2c(C)n1Cc1ccccc1F. The third-order valence-corrected chi connectivity index (χ3v) is 5.86. The summed E-state index contributed by atoms with van der Waals surface area (Å²) in [6, 6.07) is 16.0. The predicted octanol–water partition coefficient (Wildman–Crippen LogP) is 3.88. The van der Waals surface area contributed by atoms with Crippen molar-refractivity contribution < 1.29 is 9.18 Å². The van der Waals surface area contributed by atoms with Crippen LogP contribution < -0.4 is 10.9 Å². The van der Waals surface area contributed by atoms with E-state index in [9.17, 15) is 14.0 Å². The van der Waals surface area contributed by atoms with Crippen LogP contribution in [0.25, 0.3) is 10.8 Å². The molecule has 1 atom stereocenters. The number of hydrogen-bond acceptors (Lipinski definition) is 3. The predicted molar refractivity (Wildman–Crippen MR) is 122 cm³/mol. The second-order valence-electron chi connectivity index (χ2n) is 7.94. The summed E-state index contributed by atoms with van der Waals surface area (Å²) in [6.07, 6.45) is 1.60. The van der Waals surface area contributed by atoms with Crippen molar-refractivity contribution in [3.05, 3.63) is 99.5 Å². The molecule has 0 aliphatic heterocycles. The molecule has 0 saturated heterocycles. The molecule has 7 heteroatoms. The van der Waals surface area contributed by atoms with Gasteiger partial charge >= 0.3 is 0 Å². The minimum atomic E-state index is -0.335. The molecule has 2 heterocycles. The minimum absolute atomic E-state index is 0.178. The number of benzene rings is 2. The highest BCUT2D eigenvalue weighted by molar-refractivity contribution is 5.87. The summed E-state index contributed by atoms with van der Waals surface area (Å²) in [6.45, 7) is 5.74. The molecule has 2 aromatic carbocycles. The molecule has 0 radical (unpaired) electrons. The van der Waals surface area contributed by atoms with Gasteiger partial charge in [-0.15, -0.1) is 0 Å². The summed E-state index contributed by atoms with van der Waals surface area (Å²) in [4.78, 5) is 25.7. The molecule has 0 bridgehead atoms. The standard InChI is InChI=1S/C25H25FN4O2/c1-16(19-9-5-4-6-10-19)28-23(31)15-30-25(32)24-18(3)29(17(2)21(24)13-27-30)14-20-11-7-8-12-22(20)26/h4-13,16H,14-15H2,1-3H3,(H,28,31). The first-order valence-corrected chi connectivity index (χ1v) is 10.5. The monoisotopic (exact) mass is 432 g/mol. The lowest BCUT2D eigenvalue weighted by Gasteiger charge is -2.14. The Labute approximate surface area is 185 Å². The lowest BCUT2D eigenvalue weighted by atomic mass is 10.1. The second-order valence-corrected chi connectivity index (χ2v) is 7.94. The Balaban J connectivity index is 1.61. The van der Waals surface area contributed by atoms with Crippen LogP contribution in [0.2, 0.25) is 0 Å². The van der Waals surface area contributed by atoms with Gasteiger partial charge in [0.05, 0.1) is 24.2 Å². The average Bonchev–Trinajstić information content (AvgIpc) is 3.02. The summed E-state index contributed by atoms with van der Waals surface area (Å²) < 4.78 is 17.3. The number of fused-ring (bicyclic) bond motifs is 1. The second kappa shape index (κ2) is 8.78. The number of amides is 1. The van der Waals surface area contributed by atoms with Crippen molar-refractivity contribution in [2.45, 2.75) is 39.9 Å². The van der Waals surface area contributed by atoms with E-state index in [1.807, 2.05) is 55.7 Å². The molecule has 4 rings (SSSR count). The Morgan fingerprint density at radius 1 is 1.06 bits per heavy atom. The quantitative estimate of drug-likeness (QED) is 0.503. The van der Waals surface area contributed by atoms with Gasteiger partial charge in [0.25, 0.3) is 5.56 Å². The van der Waals surface area contributed by atoms with Crippen LogP contribution >= 0.6 is 0 Å². The lowest BCUT2D eigenvalue weighted by Crippen LogP contribution is -2.35. The highest BCUT2D eigenvalue weighted by Crippen LogP contribution is 2.23. The first kappa shape index (κ1) is 21.5. The number of carbonyl (C=O) groups is 1. The van der Waals surface area contributed by atoms with Gasteiger partial charge in [-0.2, -0.15) is 5.10 Å². The maximum atomic E-state index is 14.2. The van der Waals surface area contributed by atoms with Crippen molar-refractivity contribution in [2.75, 3.05) is 0 Å². The number of aryl methyl sites for hydroxylation is 2. The van der Waals surface area contributed by atoms with Gasteiger partial charge in [0.15, 0.2) is 0 Å². The maximum Gasteiger partial charge on any atom is 0.276 e. The van der Waals surface area contributed by atoms with E-state index >= 15 is 0 Å². The van der Waals surface area contributed by atoms with Crippen LogP contribution in [0, 0.1) is 19.7 Å². The van der Waals surface area contributed by atoms with E-state index in [4.69, 9.17) is 0 Å². The van der Waals surface area contributed by atoms with Gasteiger partial charge in [-0.25, -0.2) is 9.07 Å². The fourth-order valence-corrected chi connectivity index (χ4v) is 4.04. The zero-order valence-corrected chi connectivity index (χ0v) is 18.3. The van der Waals surface area contributed by atoms with Crippen LogP contribution in [0.15, 0.2) is 65.6 Å². The van der Waals surface area contributed by atoms with Gasteiger partial charge in [-0.3, -0.25) is 9.59 Å². The van der Waals surface area contributed by atoms with Crippen LogP contribution in [-0.2, 0) is 17.9 Å². The molecular formula is C25H25FN4O2. The van der Waals surface area contributed by atoms with Gasteiger partial charge in [0, 0.05) is 22.3 Å². The van der Waals surface area contributed by atoms with Crippen LogP contribution in [0.4, 0.5) is 4.39 Å². The smallest absolute Gasteiger partial charge is 0.276 e. The molecule has 0 aliphatic rings. The van der Waals surface area contributed by atoms with E-state index in [0.717, 1.165) is 17.0 Å². The molecule has 0 saturated carbocycles. The third-order valence-electron chi connectivity index (χ3n) is 5.86. The normalized spacial score (nSPS) is 12.1. The van der Waals surface area contributed by atoms with E-state index in [2.05, 4.69) is 10.4 Å². The van der Waals surface area contributed by atoms with Crippen LogP contribution in [0.5, 0.6) is 0 Å². The van der Waals surface area contributed by atoms with E-state index in [-0.39, 0.29) is 29.9 Å². The van der Waals surface area contributed by atoms with Gasteiger partial charge in [-0.1, -0.05) is 48.5 Å². The Morgan fingerprint density at radius 3 is 2.47 bits per heavy atom. The highest BCUT2D eigenvalue weighted by atomic mass is 19.1. The Bertz CT molecular complexity index is 1340. The van der Waals surface area contributed by atoms with Crippen molar-refractivity contribution in [1.82, 2.24) is 19.7 Å². The van der Waals surface area contributed by atoms with Crippen molar-refractivity contribution in [3.8, 4) is 0 Å². The van der Waals surface area contributed by atoms with E-state index in [1.54, 1.807) is 24.4 Å². The summed E-state index contributed by atoms with van der Waals surface area (Å²) in [5.41, 5.74) is 2.74. The summed E-state index contributed by atoms with van der Waals surface area (Å²) in [5, 5.41) is 8.33. The Morgan fingerprint density at radius 2 is 1.75 bits per heavy atom. The number of nitrogens with one attached hydrogen (secondary N) is 1. The van der Waals surface area contributed by atoms with Gasteiger partial charge in [-0.05, 0) is 32.4 Å². The molecule has 0 spiro atoms. The molecule has 2 aromatic heterocycles. The summed E-state index contributed by atoms with van der Waals surface area (Å²) in [5.74, 6) is -0.584. The zero-order valence-electron chi connectivity index (χ0n) is 18.3. The van der Waals surface area contributed by atoms with Crippen LogP contribution in [0.3, 0.4) is 0 Å². The highest BCUT2D eigenvalue weighted by Gasteiger charge is 2.18. The molecule has 164 valence electrons. The molecule has 4 aromatic rings. The van der Waals surface area contributed by atoms with Gasteiger partial charge in [0.1, 0.15) is 12.4 Å². The molecule has 1 N–H and O–H groups in total. The number of rotatable bonds is 6. The van der Waals surface area contributed by atoms with Crippen LogP contribution in [-0.4, -0.2) is 20.3 Å². The van der Waals surface area contributed by atoms with Crippen LogP contribution in [0.1, 0.15) is 35.5 Å². The molecule has 32 heavy (non-hydrogen) atoms. The maximum absolute atomic E-state index is 14.2. The topological polar surface area (TPSA) is 68.9 Å². The Kier molecular flexibility index (Phi) is 5.90. The number of carbonyl (C=O) groups excluding carboxylic acids is 1. The summed E-state index contributed by atoms with van der Waals surface area (Å²) >= 11 is 0. The molecule has 1 unspecified atom stereocenters. The largest absolute Gasteiger partial charge is 0.348 e. The number of aromatic nitrogens is 3. The van der Waals surface area contributed by atoms with Crippen molar-refractivity contribution in [3.63, 3.8) is 0 Å². The van der Waals surface area contributed by atoms with E-state index in [1.165, 1.54) is 10.7 Å². The fraction of sp³-hybridized carbons (Fsp3) is 0.240. The first-order valence-electron chi connectivity index (χ1n) is 10.5. The molecule has 6 nitrogen and oxygen atoms in total.